The Labute approximate surface area is 122 Å². The van der Waals surface area contributed by atoms with Gasteiger partial charge in [0, 0.05) is 6.54 Å². The average molecular weight is 274 g/mol. The molecule has 0 spiro atoms. The summed E-state index contributed by atoms with van der Waals surface area (Å²) in [4.78, 5) is 12.0. The van der Waals surface area contributed by atoms with Crippen LogP contribution in [0.15, 0.2) is 12.1 Å². The van der Waals surface area contributed by atoms with E-state index < -0.39 is 0 Å². The van der Waals surface area contributed by atoms with Crippen molar-refractivity contribution in [3.63, 3.8) is 0 Å². The second kappa shape index (κ2) is 6.40. The molecule has 0 radical (unpaired) electrons. The maximum atomic E-state index is 12.0. The zero-order valence-electron chi connectivity index (χ0n) is 13.0. The monoisotopic (exact) mass is 274 g/mol. The van der Waals surface area contributed by atoms with Crippen LogP contribution >= 0.6 is 0 Å². The first-order chi connectivity index (χ1) is 9.52. The highest BCUT2D eigenvalue weighted by atomic mass is 16.2. The van der Waals surface area contributed by atoms with E-state index in [-0.39, 0.29) is 11.9 Å². The van der Waals surface area contributed by atoms with Gasteiger partial charge in [0.15, 0.2) is 0 Å². The molecule has 1 fully saturated rings. The highest BCUT2D eigenvalue weighted by Crippen LogP contribution is 2.33. The smallest absolute Gasteiger partial charge is 0.237 e. The molecule has 1 amide bonds. The van der Waals surface area contributed by atoms with E-state index >= 15 is 0 Å². The molecule has 3 nitrogen and oxygen atoms in total. The van der Waals surface area contributed by atoms with Gasteiger partial charge < -0.3 is 10.6 Å². The third-order valence-corrected chi connectivity index (χ3v) is 4.22. The van der Waals surface area contributed by atoms with Gasteiger partial charge in [-0.05, 0) is 69.7 Å². The fourth-order valence-corrected chi connectivity index (χ4v) is 3.51. The summed E-state index contributed by atoms with van der Waals surface area (Å²) in [5.41, 5.74) is 5.50. The van der Waals surface area contributed by atoms with Crippen LogP contribution in [0.2, 0.25) is 0 Å². The van der Waals surface area contributed by atoms with Crippen molar-refractivity contribution >= 4 is 5.91 Å². The molecule has 1 aliphatic rings. The van der Waals surface area contributed by atoms with Crippen LogP contribution < -0.4 is 10.6 Å². The number of rotatable bonds is 3. The Balaban J connectivity index is 2.19. The van der Waals surface area contributed by atoms with E-state index in [0.717, 1.165) is 19.4 Å². The van der Waals surface area contributed by atoms with Crippen LogP contribution in [0.3, 0.4) is 0 Å². The van der Waals surface area contributed by atoms with E-state index in [1.807, 2.05) is 6.92 Å². The topological polar surface area (TPSA) is 41.1 Å². The molecule has 1 aromatic carbocycles. The van der Waals surface area contributed by atoms with E-state index in [2.05, 4.69) is 43.5 Å². The van der Waals surface area contributed by atoms with Crippen LogP contribution in [0, 0.1) is 20.8 Å². The Morgan fingerprint density at radius 2 is 1.95 bits per heavy atom. The lowest BCUT2D eigenvalue weighted by molar-refractivity contribution is -0.123. The summed E-state index contributed by atoms with van der Waals surface area (Å²) in [6, 6.07) is 4.46. The summed E-state index contributed by atoms with van der Waals surface area (Å²) in [5, 5.41) is 6.27. The molecule has 1 heterocycles. The molecule has 0 saturated carbocycles. The highest BCUT2D eigenvalue weighted by Gasteiger charge is 2.28. The first kappa shape index (κ1) is 15.0. The van der Waals surface area contributed by atoms with Crippen LogP contribution in [-0.4, -0.2) is 25.0 Å². The molecule has 0 aliphatic carbocycles. The lowest BCUT2D eigenvalue weighted by Gasteiger charge is -2.31. The maximum absolute atomic E-state index is 12.0. The van der Waals surface area contributed by atoms with E-state index in [4.69, 9.17) is 0 Å². The zero-order chi connectivity index (χ0) is 14.7. The van der Waals surface area contributed by atoms with Crippen LogP contribution in [0.1, 0.15) is 47.9 Å². The molecular formula is C17H26N2O. The first-order valence-electron chi connectivity index (χ1n) is 7.61. The fraction of sp³-hybridized carbons (Fsp3) is 0.588. The molecule has 1 aliphatic heterocycles. The lowest BCUT2D eigenvalue weighted by Crippen LogP contribution is -2.48. The summed E-state index contributed by atoms with van der Waals surface area (Å²) in [6.07, 6.45) is 2.01. The molecule has 1 aromatic rings. The number of carbonyl (C=O) groups is 1. The fourth-order valence-electron chi connectivity index (χ4n) is 3.51. The molecule has 3 heteroatoms. The summed E-state index contributed by atoms with van der Waals surface area (Å²) in [7, 11) is 0. The van der Waals surface area contributed by atoms with Crippen molar-refractivity contribution in [3.05, 3.63) is 34.4 Å². The van der Waals surface area contributed by atoms with Crippen LogP contribution in [0.5, 0.6) is 0 Å². The van der Waals surface area contributed by atoms with Gasteiger partial charge in [-0.15, -0.1) is 0 Å². The van der Waals surface area contributed by atoms with Crippen LogP contribution in [0.4, 0.5) is 0 Å². The molecule has 2 N–H and O–H groups in total. The Morgan fingerprint density at radius 3 is 2.55 bits per heavy atom. The largest absolute Gasteiger partial charge is 0.355 e. The van der Waals surface area contributed by atoms with Crippen molar-refractivity contribution in [1.29, 1.82) is 0 Å². The van der Waals surface area contributed by atoms with Gasteiger partial charge in [0.05, 0.1) is 6.04 Å². The zero-order valence-corrected chi connectivity index (χ0v) is 13.0. The van der Waals surface area contributed by atoms with Gasteiger partial charge >= 0.3 is 0 Å². The number of amides is 1. The number of nitrogens with one attached hydrogen (secondary N) is 2. The third-order valence-electron chi connectivity index (χ3n) is 4.22. The van der Waals surface area contributed by atoms with Gasteiger partial charge in [-0.25, -0.2) is 0 Å². The Hall–Kier alpha value is -1.35. The summed E-state index contributed by atoms with van der Waals surface area (Å²) in [5.74, 6) is 0.629. The molecule has 0 bridgehead atoms. The van der Waals surface area contributed by atoms with E-state index in [0.29, 0.717) is 12.5 Å². The van der Waals surface area contributed by atoms with Gasteiger partial charge in [0.2, 0.25) is 5.91 Å². The Kier molecular flexibility index (Phi) is 4.81. The Bertz CT molecular complexity index is 473. The van der Waals surface area contributed by atoms with E-state index in [9.17, 15) is 4.79 Å². The highest BCUT2D eigenvalue weighted by molar-refractivity contribution is 5.81. The molecular weight excluding hydrogens is 248 g/mol. The first-order valence-corrected chi connectivity index (χ1v) is 7.61. The summed E-state index contributed by atoms with van der Waals surface area (Å²) in [6.45, 7) is 10.1. The van der Waals surface area contributed by atoms with Crippen molar-refractivity contribution in [2.45, 2.75) is 52.5 Å². The minimum absolute atomic E-state index is 0.0474. The van der Waals surface area contributed by atoms with Gasteiger partial charge in [-0.2, -0.15) is 0 Å². The molecule has 110 valence electrons. The number of carbonyl (C=O) groups excluding carboxylic acids is 1. The molecule has 1 saturated heterocycles. The van der Waals surface area contributed by atoms with Crippen molar-refractivity contribution in [3.8, 4) is 0 Å². The number of aryl methyl sites for hydroxylation is 3. The number of hydrogen-bond donors (Lipinski definition) is 2. The minimum atomic E-state index is -0.0474. The van der Waals surface area contributed by atoms with Crippen molar-refractivity contribution < 1.29 is 4.79 Å². The van der Waals surface area contributed by atoms with Gasteiger partial charge in [-0.1, -0.05) is 17.7 Å². The third kappa shape index (κ3) is 3.21. The van der Waals surface area contributed by atoms with Crippen LogP contribution in [-0.2, 0) is 4.79 Å². The van der Waals surface area contributed by atoms with Crippen molar-refractivity contribution in [2.75, 3.05) is 13.1 Å². The summed E-state index contributed by atoms with van der Waals surface area (Å²) >= 11 is 0. The molecule has 2 atom stereocenters. The standard InChI is InChI=1S/C17H26N2O/c1-5-18-17(20)15-10-14(6-7-19-15)16-12(3)8-11(2)9-13(16)4/h8-9,14-15,19H,5-7,10H2,1-4H3,(H,18,20). The molecule has 0 aromatic heterocycles. The Morgan fingerprint density at radius 1 is 1.30 bits per heavy atom. The number of benzene rings is 1. The van der Waals surface area contributed by atoms with E-state index in [1.165, 1.54) is 22.3 Å². The quantitative estimate of drug-likeness (QED) is 0.889. The number of likely N-dealkylation sites (N-methyl/N-ethyl adjacent to an activating group) is 1. The normalized spacial score (nSPS) is 22.6. The molecule has 2 rings (SSSR count). The SMILES string of the molecule is CCNC(=O)C1CC(c2c(C)cc(C)cc2C)CCN1. The van der Waals surface area contributed by atoms with E-state index in [1.54, 1.807) is 0 Å². The van der Waals surface area contributed by atoms with Gasteiger partial charge in [0.1, 0.15) is 0 Å². The second-order valence-electron chi connectivity index (χ2n) is 5.93. The van der Waals surface area contributed by atoms with Crippen molar-refractivity contribution in [1.82, 2.24) is 10.6 Å². The lowest BCUT2D eigenvalue weighted by atomic mass is 9.81. The van der Waals surface area contributed by atoms with Gasteiger partial charge in [0.25, 0.3) is 0 Å². The number of piperidine rings is 1. The maximum Gasteiger partial charge on any atom is 0.237 e. The van der Waals surface area contributed by atoms with Gasteiger partial charge in [-0.3, -0.25) is 4.79 Å². The number of hydrogen-bond acceptors (Lipinski definition) is 2. The summed E-state index contributed by atoms with van der Waals surface area (Å²) < 4.78 is 0. The second-order valence-corrected chi connectivity index (χ2v) is 5.93. The average Bonchev–Trinajstić information content (AvgIpc) is 2.38. The predicted molar refractivity (Wildman–Crippen MR) is 83.1 cm³/mol. The van der Waals surface area contributed by atoms with Crippen molar-refractivity contribution in [2.24, 2.45) is 0 Å². The molecule has 20 heavy (non-hydrogen) atoms. The van der Waals surface area contributed by atoms with Crippen LogP contribution in [0.25, 0.3) is 0 Å². The minimum Gasteiger partial charge on any atom is -0.355 e. The predicted octanol–water partition coefficient (Wildman–Crippen LogP) is 2.58. The molecule has 2 unspecified atom stereocenters.